The molecule has 0 amide bonds. The molecule has 0 bridgehead atoms. The molecule has 3 aromatic rings. The lowest BCUT2D eigenvalue weighted by atomic mass is 10.1. The molecule has 0 N–H and O–H groups in total. The summed E-state index contributed by atoms with van der Waals surface area (Å²) in [6.07, 6.45) is 1.79. The van der Waals surface area contributed by atoms with Gasteiger partial charge >= 0.3 is 10.0 Å². The van der Waals surface area contributed by atoms with Gasteiger partial charge in [-0.25, -0.2) is 4.98 Å². The Hall–Kier alpha value is -2.59. The van der Waals surface area contributed by atoms with E-state index >= 15 is 0 Å². The van der Waals surface area contributed by atoms with E-state index in [1.54, 1.807) is 14.1 Å². The minimum absolute atomic E-state index is 0.200. The van der Waals surface area contributed by atoms with Crippen molar-refractivity contribution in [1.82, 2.24) is 19.5 Å². The fraction of sp³-hybridized carbons (Fsp3) is 0.143. The molecule has 0 spiro atoms. The normalized spacial score (nSPS) is 12.1. The monoisotopic (exact) mass is 363 g/mol. The van der Waals surface area contributed by atoms with Gasteiger partial charge in [-0.1, -0.05) is 41.7 Å². The van der Waals surface area contributed by atoms with Crippen LogP contribution in [-0.2, 0) is 10.0 Å². The fourth-order valence-electron chi connectivity index (χ4n) is 1.97. The van der Waals surface area contributed by atoms with Crippen LogP contribution >= 0.6 is 11.3 Å². The van der Waals surface area contributed by atoms with Crippen LogP contribution in [0.4, 0.5) is 0 Å². The Labute approximate surface area is 142 Å². The number of aromatic nitrogens is 3. The summed E-state index contributed by atoms with van der Waals surface area (Å²) in [7, 11) is -0.617. The van der Waals surface area contributed by atoms with Crippen molar-refractivity contribution in [3.8, 4) is 11.3 Å². The number of fused-ring (bicyclic) bond motifs is 1. The number of nitrogens with zero attached hydrogens (tertiary/aromatic N) is 5. The second kappa shape index (κ2) is 6.13. The first-order valence-corrected chi connectivity index (χ1v) is 9.05. The minimum atomic E-state index is -3.93. The molecule has 0 atom stereocenters. The average molecular weight is 363 g/mol. The van der Waals surface area contributed by atoms with E-state index in [0.29, 0.717) is 16.9 Å². The van der Waals surface area contributed by atoms with E-state index in [9.17, 15) is 13.2 Å². The van der Waals surface area contributed by atoms with Crippen molar-refractivity contribution in [1.29, 1.82) is 0 Å². The molecule has 1 aromatic carbocycles. The van der Waals surface area contributed by atoms with Crippen LogP contribution < -0.4 is 0 Å². The summed E-state index contributed by atoms with van der Waals surface area (Å²) in [5, 5.41) is 4.00. The number of carbonyl (C=O) groups is 1. The van der Waals surface area contributed by atoms with Gasteiger partial charge in [-0.05, 0) is 0 Å². The maximum absolute atomic E-state index is 12.2. The van der Waals surface area contributed by atoms with Crippen molar-refractivity contribution in [2.24, 2.45) is 4.40 Å². The van der Waals surface area contributed by atoms with Gasteiger partial charge in [0.2, 0.25) is 4.96 Å². The van der Waals surface area contributed by atoms with Gasteiger partial charge in [0.25, 0.3) is 4.34 Å². The van der Waals surface area contributed by atoms with Gasteiger partial charge < -0.3 is 4.90 Å². The Morgan fingerprint density at radius 1 is 1.25 bits per heavy atom. The summed E-state index contributed by atoms with van der Waals surface area (Å²) >= 11 is 0.863. The second-order valence-corrected chi connectivity index (χ2v) is 7.81. The first-order valence-electron chi connectivity index (χ1n) is 6.79. The lowest BCUT2D eigenvalue weighted by Gasteiger charge is -2.01. The number of rotatable bonds is 5. The number of sulfonamides is 1. The molecule has 0 aliphatic heterocycles. The molecule has 0 saturated heterocycles. The van der Waals surface area contributed by atoms with Crippen molar-refractivity contribution in [2.45, 2.75) is 4.34 Å². The molecule has 0 saturated carbocycles. The zero-order chi connectivity index (χ0) is 17.3. The minimum Gasteiger partial charge on any atom is -0.368 e. The molecule has 10 heteroatoms. The predicted octanol–water partition coefficient (Wildman–Crippen LogP) is 1.55. The third-order valence-electron chi connectivity index (χ3n) is 3.02. The first kappa shape index (κ1) is 16.3. The predicted molar refractivity (Wildman–Crippen MR) is 91.1 cm³/mol. The lowest BCUT2D eigenvalue weighted by molar-refractivity contribution is 0.111. The standard InChI is InChI=1S/C14H13N5O3S2/c1-18(2)9-15-24(21,22)14-17-19-11(8-20)12(16-13(19)23-14)10-6-4-3-5-7-10/h3-9H,1-2H3/b15-9+. The zero-order valence-electron chi connectivity index (χ0n) is 12.8. The molecule has 2 heterocycles. The number of aldehydes is 1. The molecule has 0 aliphatic rings. The largest absolute Gasteiger partial charge is 0.368 e. The molecular weight excluding hydrogens is 350 g/mol. The third-order valence-corrected chi connectivity index (χ3v) is 5.50. The van der Waals surface area contributed by atoms with Crippen molar-refractivity contribution in [3.63, 3.8) is 0 Å². The summed E-state index contributed by atoms with van der Waals surface area (Å²) in [6, 6.07) is 9.15. The number of imidazole rings is 1. The number of hydrogen-bond donors (Lipinski definition) is 0. The highest BCUT2D eigenvalue weighted by Gasteiger charge is 2.23. The molecule has 8 nitrogen and oxygen atoms in total. The third kappa shape index (κ3) is 2.93. The van der Waals surface area contributed by atoms with Crippen molar-refractivity contribution >= 4 is 38.9 Å². The van der Waals surface area contributed by atoms with Gasteiger partial charge in [0.1, 0.15) is 17.7 Å². The summed E-state index contributed by atoms with van der Waals surface area (Å²) in [6.45, 7) is 0. The second-order valence-electron chi connectivity index (χ2n) is 5.05. The lowest BCUT2D eigenvalue weighted by Crippen LogP contribution is -2.10. The fourth-order valence-corrected chi connectivity index (χ4v) is 3.97. The van der Waals surface area contributed by atoms with Crippen LogP contribution in [0, 0.1) is 0 Å². The van der Waals surface area contributed by atoms with Crippen LogP contribution in [-0.4, -0.2) is 54.6 Å². The SMILES string of the molecule is CN(C)/C=N/S(=O)(=O)c1nn2c(C=O)c(-c3ccccc3)nc2s1. The van der Waals surface area contributed by atoms with Crippen molar-refractivity contribution in [3.05, 3.63) is 36.0 Å². The quantitative estimate of drug-likeness (QED) is 0.388. The summed E-state index contributed by atoms with van der Waals surface area (Å²) in [4.78, 5) is 17.6. The van der Waals surface area contributed by atoms with Crippen LogP contribution in [0.15, 0.2) is 39.1 Å². The van der Waals surface area contributed by atoms with Crippen LogP contribution in [0.25, 0.3) is 16.2 Å². The van der Waals surface area contributed by atoms with E-state index in [2.05, 4.69) is 14.5 Å². The molecule has 0 radical (unpaired) electrons. The maximum atomic E-state index is 12.2. The molecule has 3 rings (SSSR count). The Morgan fingerprint density at radius 3 is 2.58 bits per heavy atom. The summed E-state index contributed by atoms with van der Waals surface area (Å²) in [5.74, 6) is 0. The molecule has 124 valence electrons. The number of benzene rings is 1. The van der Waals surface area contributed by atoms with Crippen LogP contribution in [0.5, 0.6) is 0 Å². The van der Waals surface area contributed by atoms with Crippen LogP contribution in [0.3, 0.4) is 0 Å². The van der Waals surface area contributed by atoms with E-state index in [1.165, 1.54) is 15.8 Å². The van der Waals surface area contributed by atoms with E-state index in [1.807, 2.05) is 30.3 Å². The summed E-state index contributed by atoms with van der Waals surface area (Å²) < 4.78 is 28.9. The molecule has 0 fully saturated rings. The van der Waals surface area contributed by atoms with Gasteiger partial charge in [0, 0.05) is 19.7 Å². The van der Waals surface area contributed by atoms with E-state index < -0.39 is 10.0 Å². The van der Waals surface area contributed by atoms with Crippen LogP contribution in [0.2, 0.25) is 0 Å². The average Bonchev–Trinajstić information content (AvgIpc) is 3.11. The van der Waals surface area contributed by atoms with Gasteiger partial charge in [0.15, 0.2) is 6.29 Å². The van der Waals surface area contributed by atoms with Gasteiger partial charge in [-0.3, -0.25) is 4.79 Å². The Balaban J connectivity index is 2.11. The molecule has 2 aromatic heterocycles. The summed E-state index contributed by atoms with van der Waals surface area (Å²) in [5.41, 5.74) is 1.42. The Morgan fingerprint density at radius 2 is 1.96 bits per heavy atom. The van der Waals surface area contributed by atoms with E-state index in [4.69, 9.17) is 0 Å². The highest BCUT2D eigenvalue weighted by Crippen LogP contribution is 2.28. The highest BCUT2D eigenvalue weighted by atomic mass is 32.2. The maximum Gasteiger partial charge on any atom is 0.312 e. The van der Waals surface area contributed by atoms with Gasteiger partial charge in [0.05, 0.1) is 0 Å². The van der Waals surface area contributed by atoms with Crippen LogP contribution in [0.1, 0.15) is 10.5 Å². The molecule has 0 aliphatic carbocycles. The van der Waals surface area contributed by atoms with E-state index in [0.717, 1.165) is 16.9 Å². The topological polar surface area (TPSA) is 97.0 Å². The molecular formula is C14H13N5O3S2. The van der Waals surface area contributed by atoms with Gasteiger partial charge in [-0.2, -0.15) is 12.9 Å². The van der Waals surface area contributed by atoms with Crippen molar-refractivity contribution < 1.29 is 13.2 Å². The Bertz CT molecular complexity index is 1020. The van der Waals surface area contributed by atoms with Gasteiger partial charge in [-0.15, -0.1) is 9.50 Å². The first-order chi connectivity index (χ1) is 11.4. The smallest absolute Gasteiger partial charge is 0.312 e. The Kier molecular flexibility index (Phi) is 4.16. The number of hydrogen-bond acceptors (Lipinski definition) is 6. The molecule has 0 unspecified atom stereocenters. The number of carbonyl (C=O) groups excluding carboxylic acids is 1. The molecule has 24 heavy (non-hydrogen) atoms. The highest BCUT2D eigenvalue weighted by molar-refractivity contribution is 7.92. The van der Waals surface area contributed by atoms with Crippen molar-refractivity contribution in [2.75, 3.05) is 14.1 Å². The zero-order valence-corrected chi connectivity index (χ0v) is 14.5. The van der Waals surface area contributed by atoms with E-state index in [-0.39, 0.29) is 10.0 Å².